The monoisotopic (exact) mass is 413 g/mol. The van der Waals surface area contributed by atoms with Crippen LogP contribution in [0.1, 0.15) is 30.9 Å². The van der Waals surface area contributed by atoms with Gasteiger partial charge in [0.25, 0.3) is 5.91 Å². The molecule has 0 bridgehead atoms. The summed E-state index contributed by atoms with van der Waals surface area (Å²) in [6, 6.07) is 13.4. The highest BCUT2D eigenvalue weighted by molar-refractivity contribution is 7.18. The number of carbonyl (C=O) groups excluding carboxylic acids is 1. The van der Waals surface area contributed by atoms with E-state index in [2.05, 4.69) is 27.6 Å². The van der Waals surface area contributed by atoms with Crippen LogP contribution in [0.3, 0.4) is 0 Å². The summed E-state index contributed by atoms with van der Waals surface area (Å²) in [6.45, 7) is 1.73. The lowest BCUT2D eigenvalue weighted by atomic mass is 9.92. The van der Waals surface area contributed by atoms with Gasteiger partial charge < -0.3 is 4.74 Å². The van der Waals surface area contributed by atoms with Crippen molar-refractivity contribution in [1.29, 1.82) is 0 Å². The molecule has 1 aliphatic rings. The Bertz CT molecular complexity index is 988. The molecule has 0 saturated carbocycles. The molecule has 1 atom stereocenters. The zero-order valence-electron chi connectivity index (χ0n) is 15.4. The number of aromatic nitrogens is 2. The van der Waals surface area contributed by atoms with Crippen molar-refractivity contribution in [2.75, 3.05) is 5.32 Å². The predicted octanol–water partition coefficient (Wildman–Crippen LogP) is 5.14. The van der Waals surface area contributed by atoms with Crippen molar-refractivity contribution in [1.82, 2.24) is 10.2 Å². The number of halogens is 1. The van der Waals surface area contributed by atoms with Gasteiger partial charge in [0.05, 0.1) is 0 Å². The van der Waals surface area contributed by atoms with E-state index in [1.54, 1.807) is 19.1 Å². The van der Waals surface area contributed by atoms with Gasteiger partial charge >= 0.3 is 0 Å². The number of amides is 1. The molecular weight excluding hydrogens is 394 g/mol. The third-order valence-electron chi connectivity index (χ3n) is 4.75. The van der Waals surface area contributed by atoms with Crippen LogP contribution in [-0.4, -0.2) is 22.2 Å². The first kappa shape index (κ1) is 18.9. The zero-order valence-corrected chi connectivity index (χ0v) is 17.0. The first-order valence-electron chi connectivity index (χ1n) is 9.27. The lowest BCUT2D eigenvalue weighted by Crippen LogP contribution is -2.30. The molecule has 4 rings (SSSR count). The van der Waals surface area contributed by atoms with Crippen molar-refractivity contribution < 1.29 is 9.53 Å². The molecule has 1 aromatic heterocycles. The van der Waals surface area contributed by atoms with E-state index in [0.29, 0.717) is 10.2 Å². The van der Waals surface area contributed by atoms with Gasteiger partial charge in [-0.15, -0.1) is 10.2 Å². The zero-order chi connectivity index (χ0) is 19.5. The Morgan fingerprint density at radius 2 is 1.86 bits per heavy atom. The molecule has 1 aliphatic carbocycles. The van der Waals surface area contributed by atoms with Crippen molar-refractivity contribution in [3.05, 3.63) is 58.6 Å². The van der Waals surface area contributed by atoms with Gasteiger partial charge in [-0.2, -0.15) is 0 Å². The lowest BCUT2D eigenvalue weighted by molar-refractivity contribution is -0.122. The summed E-state index contributed by atoms with van der Waals surface area (Å²) in [5.74, 6) is 0.471. The maximum Gasteiger partial charge on any atom is 0.266 e. The number of nitrogens with one attached hydrogen (secondary N) is 1. The second-order valence-electron chi connectivity index (χ2n) is 6.81. The fourth-order valence-electron chi connectivity index (χ4n) is 3.23. The van der Waals surface area contributed by atoms with Crippen LogP contribution in [0.15, 0.2) is 42.5 Å². The molecule has 0 fully saturated rings. The minimum absolute atomic E-state index is 0.253. The smallest absolute Gasteiger partial charge is 0.266 e. The maximum absolute atomic E-state index is 12.5. The van der Waals surface area contributed by atoms with Crippen LogP contribution >= 0.6 is 22.9 Å². The lowest BCUT2D eigenvalue weighted by Gasteiger charge is -2.18. The molecule has 5 nitrogen and oxygen atoms in total. The number of aryl methyl sites for hydroxylation is 2. The number of nitrogens with zero attached hydrogens (tertiary/aromatic N) is 2. The molecule has 1 amide bonds. The molecular formula is C21H20ClN3O2S. The summed E-state index contributed by atoms with van der Waals surface area (Å²) in [5, 5.41) is 12.8. The van der Waals surface area contributed by atoms with Crippen LogP contribution in [0.2, 0.25) is 5.02 Å². The number of carbonyl (C=O) groups is 1. The van der Waals surface area contributed by atoms with Crippen molar-refractivity contribution in [3.63, 3.8) is 0 Å². The van der Waals surface area contributed by atoms with Crippen LogP contribution in [0.25, 0.3) is 10.6 Å². The van der Waals surface area contributed by atoms with E-state index in [0.717, 1.165) is 29.2 Å². The van der Waals surface area contributed by atoms with Gasteiger partial charge in [-0.3, -0.25) is 10.1 Å². The summed E-state index contributed by atoms with van der Waals surface area (Å²) >= 11 is 7.22. The molecule has 0 saturated heterocycles. The van der Waals surface area contributed by atoms with Gasteiger partial charge in [0.2, 0.25) is 5.13 Å². The molecule has 7 heteroatoms. The number of benzene rings is 2. The van der Waals surface area contributed by atoms with Crippen molar-refractivity contribution in [3.8, 4) is 16.3 Å². The molecule has 1 heterocycles. The topological polar surface area (TPSA) is 64.1 Å². The Morgan fingerprint density at radius 3 is 2.64 bits per heavy atom. The van der Waals surface area contributed by atoms with Crippen LogP contribution in [0, 0.1) is 0 Å². The number of rotatable bonds is 5. The molecule has 144 valence electrons. The Balaban J connectivity index is 1.39. The second kappa shape index (κ2) is 8.29. The first-order chi connectivity index (χ1) is 13.6. The maximum atomic E-state index is 12.5. The molecule has 1 N–H and O–H groups in total. The third kappa shape index (κ3) is 4.34. The van der Waals surface area contributed by atoms with Crippen molar-refractivity contribution >= 4 is 34.0 Å². The van der Waals surface area contributed by atoms with Gasteiger partial charge in [-0.1, -0.05) is 41.1 Å². The largest absolute Gasteiger partial charge is 0.481 e. The van der Waals surface area contributed by atoms with E-state index in [1.165, 1.54) is 35.3 Å². The highest BCUT2D eigenvalue weighted by atomic mass is 35.5. The summed E-state index contributed by atoms with van der Waals surface area (Å²) < 4.78 is 5.85. The Labute approximate surface area is 172 Å². The fraction of sp³-hybridized carbons (Fsp3) is 0.286. The average Bonchev–Trinajstić information content (AvgIpc) is 3.17. The van der Waals surface area contributed by atoms with Crippen molar-refractivity contribution in [2.24, 2.45) is 0 Å². The van der Waals surface area contributed by atoms with Crippen LogP contribution in [0.5, 0.6) is 5.75 Å². The van der Waals surface area contributed by atoms with E-state index in [-0.39, 0.29) is 5.91 Å². The van der Waals surface area contributed by atoms with Gasteiger partial charge in [0.15, 0.2) is 6.10 Å². The molecule has 1 unspecified atom stereocenters. The molecule has 0 radical (unpaired) electrons. The predicted molar refractivity (Wildman–Crippen MR) is 112 cm³/mol. The molecule has 2 aromatic carbocycles. The van der Waals surface area contributed by atoms with E-state index < -0.39 is 6.10 Å². The highest BCUT2D eigenvalue weighted by Gasteiger charge is 2.18. The van der Waals surface area contributed by atoms with Gasteiger partial charge in [0, 0.05) is 10.6 Å². The standard InChI is InChI=1S/C21H20ClN3O2S/c1-13(27-18-11-8-14-4-2-3-5-16(14)12-18)19(26)23-21-25-24-20(28-21)15-6-9-17(22)10-7-15/h6-13H,2-5H2,1H3,(H,23,25,26). The average molecular weight is 414 g/mol. The van der Waals surface area contributed by atoms with E-state index in [1.807, 2.05) is 18.2 Å². The number of ether oxygens (including phenoxy) is 1. The quantitative estimate of drug-likeness (QED) is 0.628. The van der Waals surface area contributed by atoms with Gasteiger partial charge in [-0.25, -0.2) is 0 Å². The minimum Gasteiger partial charge on any atom is -0.481 e. The first-order valence-corrected chi connectivity index (χ1v) is 10.5. The fourth-order valence-corrected chi connectivity index (χ4v) is 4.11. The molecule has 0 spiro atoms. The van der Waals surface area contributed by atoms with Gasteiger partial charge in [-0.05, 0) is 68.0 Å². The summed E-state index contributed by atoms with van der Waals surface area (Å²) in [4.78, 5) is 12.5. The Hall–Kier alpha value is -2.44. The number of hydrogen-bond donors (Lipinski definition) is 1. The number of fused-ring (bicyclic) bond motifs is 1. The summed E-state index contributed by atoms with van der Waals surface area (Å²) in [5.41, 5.74) is 3.62. The van der Waals surface area contributed by atoms with Crippen LogP contribution in [-0.2, 0) is 17.6 Å². The van der Waals surface area contributed by atoms with Crippen molar-refractivity contribution in [2.45, 2.75) is 38.7 Å². The van der Waals surface area contributed by atoms with Gasteiger partial charge in [0.1, 0.15) is 10.8 Å². The normalized spacial score (nSPS) is 14.2. The minimum atomic E-state index is -0.635. The molecule has 3 aromatic rings. The van der Waals surface area contributed by atoms with E-state index in [9.17, 15) is 4.79 Å². The molecule has 28 heavy (non-hydrogen) atoms. The highest BCUT2D eigenvalue weighted by Crippen LogP contribution is 2.28. The molecule has 0 aliphatic heterocycles. The second-order valence-corrected chi connectivity index (χ2v) is 8.22. The van der Waals surface area contributed by atoms with Crippen LogP contribution in [0.4, 0.5) is 5.13 Å². The SMILES string of the molecule is CC(Oc1ccc2c(c1)CCCC2)C(=O)Nc1nnc(-c2ccc(Cl)cc2)s1. The van der Waals surface area contributed by atoms with Crippen LogP contribution < -0.4 is 10.1 Å². The van der Waals surface area contributed by atoms with E-state index >= 15 is 0 Å². The Kier molecular flexibility index (Phi) is 5.59. The summed E-state index contributed by atoms with van der Waals surface area (Å²) in [7, 11) is 0. The number of hydrogen-bond acceptors (Lipinski definition) is 5. The Morgan fingerprint density at radius 1 is 1.11 bits per heavy atom. The van der Waals surface area contributed by atoms with E-state index in [4.69, 9.17) is 16.3 Å². The third-order valence-corrected chi connectivity index (χ3v) is 5.89. The summed E-state index contributed by atoms with van der Waals surface area (Å²) in [6.07, 6.45) is 4.01. The number of anilines is 1.